The molecule has 1 aliphatic heterocycles. The van der Waals surface area contributed by atoms with E-state index in [1.807, 2.05) is 38.1 Å². The highest BCUT2D eigenvalue weighted by molar-refractivity contribution is 6.00. The molecule has 0 bridgehead atoms. The molecule has 0 aromatic heterocycles. The summed E-state index contributed by atoms with van der Waals surface area (Å²) >= 11 is 0. The van der Waals surface area contributed by atoms with Gasteiger partial charge in [0, 0.05) is 36.4 Å². The number of benzene rings is 2. The van der Waals surface area contributed by atoms with Crippen molar-refractivity contribution in [1.82, 2.24) is 4.90 Å². The molecule has 0 radical (unpaired) electrons. The Morgan fingerprint density at radius 1 is 1.03 bits per heavy atom. The number of para-hydroxylation sites is 1. The third-order valence-corrected chi connectivity index (χ3v) is 6.86. The van der Waals surface area contributed by atoms with Crippen LogP contribution in [0.5, 0.6) is 0 Å². The molecule has 0 aliphatic carbocycles. The van der Waals surface area contributed by atoms with Crippen LogP contribution >= 0.6 is 0 Å². The number of nitrogens with zero attached hydrogens (tertiary/aromatic N) is 1. The molecule has 2 atom stereocenters. The largest absolute Gasteiger partial charge is 0.481 e. The molecule has 3 rings (SSSR count). The van der Waals surface area contributed by atoms with Crippen LogP contribution in [0.25, 0.3) is 0 Å². The van der Waals surface area contributed by atoms with Gasteiger partial charge < -0.3 is 26.0 Å². The normalized spacial score (nSPS) is 16.0. The fraction of sp³-hybridized carbons (Fsp3) is 0.448. The van der Waals surface area contributed by atoms with Crippen molar-refractivity contribution in [2.24, 2.45) is 5.92 Å². The molecule has 9 nitrogen and oxygen atoms in total. The number of nitrogens with one attached hydrogen (secondary N) is 3. The SMILES string of the molecule is Cc1ccccc1NC(=O)Nc1ccc(NC(C)(C)C(=O)[C@@H]2CCCN2C(=O)CCC(C)CC(=O)O)cc1. The molecule has 0 spiro atoms. The van der Waals surface area contributed by atoms with Crippen molar-refractivity contribution < 1.29 is 24.3 Å². The molecule has 3 amide bonds. The minimum absolute atomic E-state index is 0.0261. The molecule has 2 aromatic rings. The Balaban J connectivity index is 1.56. The maximum absolute atomic E-state index is 13.5. The minimum atomic E-state index is -0.929. The number of carboxylic acids is 1. The highest BCUT2D eigenvalue weighted by atomic mass is 16.4. The Bertz CT molecular complexity index is 1160. The van der Waals surface area contributed by atoms with Gasteiger partial charge in [-0.05, 0) is 81.8 Å². The predicted molar refractivity (Wildman–Crippen MR) is 148 cm³/mol. The number of rotatable bonds is 11. The summed E-state index contributed by atoms with van der Waals surface area (Å²) in [4.78, 5) is 51.2. The van der Waals surface area contributed by atoms with E-state index in [9.17, 15) is 19.2 Å². The summed E-state index contributed by atoms with van der Waals surface area (Å²) in [6.45, 7) is 7.87. The number of aliphatic carboxylic acids is 1. The van der Waals surface area contributed by atoms with Crippen molar-refractivity contribution >= 4 is 40.8 Å². The number of hydrogen-bond acceptors (Lipinski definition) is 5. The summed E-state index contributed by atoms with van der Waals surface area (Å²) < 4.78 is 0. The van der Waals surface area contributed by atoms with Gasteiger partial charge in [-0.2, -0.15) is 0 Å². The van der Waals surface area contributed by atoms with E-state index in [0.29, 0.717) is 30.8 Å². The van der Waals surface area contributed by atoms with Crippen LogP contribution in [0.3, 0.4) is 0 Å². The van der Waals surface area contributed by atoms with Crippen molar-refractivity contribution in [3.63, 3.8) is 0 Å². The van der Waals surface area contributed by atoms with E-state index in [-0.39, 0.29) is 36.5 Å². The Morgan fingerprint density at radius 2 is 1.68 bits per heavy atom. The van der Waals surface area contributed by atoms with Crippen molar-refractivity contribution in [3.8, 4) is 0 Å². The van der Waals surface area contributed by atoms with Crippen molar-refractivity contribution in [2.45, 2.75) is 71.4 Å². The van der Waals surface area contributed by atoms with Crippen LogP contribution in [0.1, 0.15) is 58.4 Å². The molecule has 2 aromatic carbocycles. The minimum Gasteiger partial charge on any atom is -0.481 e. The summed E-state index contributed by atoms with van der Waals surface area (Å²) in [7, 11) is 0. The van der Waals surface area contributed by atoms with Gasteiger partial charge in [0.2, 0.25) is 5.91 Å². The van der Waals surface area contributed by atoms with E-state index in [0.717, 1.165) is 17.7 Å². The van der Waals surface area contributed by atoms with Crippen molar-refractivity contribution in [1.29, 1.82) is 0 Å². The fourth-order valence-electron chi connectivity index (χ4n) is 4.73. The van der Waals surface area contributed by atoms with Crippen molar-refractivity contribution in [2.75, 3.05) is 22.5 Å². The Hall–Kier alpha value is -3.88. The lowest BCUT2D eigenvalue weighted by Crippen LogP contribution is -2.52. The van der Waals surface area contributed by atoms with Crippen LogP contribution < -0.4 is 16.0 Å². The van der Waals surface area contributed by atoms with E-state index >= 15 is 0 Å². The average Bonchev–Trinajstić information content (AvgIpc) is 3.34. The number of ketones is 1. The van der Waals surface area contributed by atoms with Crippen LogP contribution in [0.2, 0.25) is 0 Å². The molecule has 204 valence electrons. The number of carbonyl (C=O) groups is 4. The lowest BCUT2D eigenvalue weighted by atomic mass is 9.91. The van der Waals surface area contributed by atoms with Gasteiger partial charge in [0.15, 0.2) is 5.78 Å². The zero-order valence-electron chi connectivity index (χ0n) is 22.5. The second-order valence-electron chi connectivity index (χ2n) is 10.6. The third-order valence-electron chi connectivity index (χ3n) is 6.86. The van der Waals surface area contributed by atoms with E-state index < -0.39 is 17.6 Å². The zero-order valence-corrected chi connectivity index (χ0v) is 22.5. The first-order valence-electron chi connectivity index (χ1n) is 13.0. The van der Waals surface area contributed by atoms with Crippen LogP contribution in [-0.4, -0.2) is 51.8 Å². The molecule has 38 heavy (non-hydrogen) atoms. The van der Waals surface area contributed by atoms with E-state index in [1.54, 1.807) is 43.0 Å². The molecule has 9 heteroatoms. The maximum Gasteiger partial charge on any atom is 0.323 e. The molecule has 1 fully saturated rings. The Morgan fingerprint density at radius 3 is 2.34 bits per heavy atom. The summed E-state index contributed by atoms with van der Waals surface area (Å²) in [6, 6.07) is 13.8. The van der Waals surface area contributed by atoms with Gasteiger partial charge in [-0.25, -0.2) is 4.79 Å². The van der Waals surface area contributed by atoms with Gasteiger partial charge in [0.25, 0.3) is 0 Å². The second-order valence-corrected chi connectivity index (χ2v) is 10.6. The fourth-order valence-corrected chi connectivity index (χ4v) is 4.73. The molecule has 1 unspecified atom stereocenters. The third kappa shape index (κ3) is 7.81. The number of Topliss-reactive ketones (excluding diaryl/α,β-unsaturated/α-hetero) is 1. The van der Waals surface area contributed by atoms with Crippen LogP contribution in [0.15, 0.2) is 48.5 Å². The lowest BCUT2D eigenvalue weighted by Gasteiger charge is -2.33. The maximum atomic E-state index is 13.5. The summed E-state index contributed by atoms with van der Waals surface area (Å²) in [5, 5.41) is 17.8. The van der Waals surface area contributed by atoms with E-state index in [2.05, 4.69) is 16.0 Å². The molecule has 1 heterocycles. The number of carboxylic acid groups (broad SMARTS) is 1. The Kier molecular flexibility index (Phi) is 9.50. The number of amides is 3. The Labute approximate surface area is 224 Å². The molecule has 4 N–H and O–H groups in total. The average molecular weight is 523 g/mol. The zero-order chi connectivity index (χ0) is 27.9. The summed E-state index contributed by atoms with van der Waals surface area (Å²) in [5.41, 5.74) is 2.09. The lowest BCUT2D eigenvalue weighted by molar-refractivity contribution is -0.140. The van der Waals surface area contributed by atoms with Crippen LogP contribution in [0, 0.1) is 12.8 Å². The number of anilines is 3. The number of hydrogen-bond donors (Lipinski definition) is 4. The van der Waals surface area contributed by atoms with Crippen LogP contribution in [0.4, 0.5) is 21.9 Å². The van der Waals surface area contributed by atoms with Gasteiger partial charge in [0.1, 0.15) is 0 Å². The molecule has 1 aliphatic rings. The summed E-state index contributed by atoms with van der Waals surface area (Å²) in [6.07, 6.45) is 2.11. The van der Waals surface area contributed by atoms with E-state index in [1.165, 1.54) is 0 Å². The second kappa shape index (κ2) is 12.6. The smallest absolute Gasteiger partial charge is 0.323 e. The number of urea groups is 1. The number of carbonyl (C=O) groups excluding carboxylic acids is 3. The quantitative estimate of drug-likeness (QED) is 0.318. The summed E-state index contributed by atoms with van der Waals surface area (Å²) in [5.74, 6) is -1.14. The monoisotopic (exact) mass is 522 g/mol. The molecule has 1 saturated heterocycles. The molecular weight excluding hydrogens is 484 g/mol. The topological polar surface area (TPSA) is 128 Å². The first-order valence-corrected chi connectivity index (χ1v) is 13.0. The molecule has 0 saturated carbocycles. The van der Waals surface area contributed by atoms with Crippen LogP contribution in [-0.2, 0) is 14.4 Å². The highest BCUT2D eigenvalue weighted by Gasteiger charge is 2.41. The van der Waals surface area contributed by atoms with Gasteiger partial charge in [0.05, 0.1) is 11.6 Å². The van der Waals surface area contributed by atoms with Gasteiger partial charge in [-0.15, -0.1) is 0 Å². The first kappa shape index (κ1) is 28.7. The molecular formula is C29H38N4O5. The van der Waals surface area contributed by atoms with Crippen molar-refractivity contribution in [3.05, 3.63) is 54.1 Å². The number of aryl methyl sites for hydroxylation is 1. The highest BCUT2D eigenvalue weighted by Crippen LogP contribution is 2.27. The van der Waals surface area contributed by atoms with Gasteiger partial charge in [-0.1, -0.05) is 25.1 Å². The first-order chi connectivity index (χ1) is 18.0. The van der Waals surface area contributed by atoms with Gasteiger partial charge in [-0.3, -0.25) is 14.4 Å². The van der Waals surface area contributed by atoms with Gasteiger partial charge >= 0.3 is 12.0 Å². The van der Waals surface area contributed by atoms with E-state index in [4.69, 9.17) is 5.11 Å². The number of likely N-dealkylation sites (tertiary alicyclic amines) is 1. The standard InChI is InChI=1S/C29H38N4O5/c1-19(18-26(35)36)11-16-25(34)33-17-7-10-24(33)27(37)29(3,4)32-22-14-12-21(13-15-22)30-28(38)31-23-9-6-5-8-20(23)2/h5-6,8-9,12-15,19,24,32H,7,10-11,16-18H2,1-4H3,(H,35,36)(H2,30,31,38)/t19?,24-/m0/s1. The predicted octanol–water partition coefficient (Wildman–Crippen LogP) is 5.28.